The Hall–Kier alpha value is -6.69. The van der Waals surface area contributed by atoms with Crippen molar-refractivity contribution in [2.75, 3.05) is 20.8 Å². The Morgan fingerprint density at radius 1 is 0.812 bits per heavy atom. The van der Waals surface area contributed by atoms with Gasteiger partial charge in [-0.05, 0) is 91.8 Å². The van der Waals surface area contributed by atoms with Crippen LogP contribution in [0.3, 0.4) is 0 Å². The number of hydrogen-bond donors (Lipinski definition) is 4. The second-order valence-corrected chi connectivity index (χ2v) is 20.8. The van der Waals surface area contributed by atoms with Gasteiger partial charge in [-0.15, -0.1) is 11.3 Å². The molecule has 10 rings (SSSR count). The quantitative estimate of drug-likeness (QED) is 0.0926. The van der Waals surface area contributed by atoms with Gasteiger partial charge in [-0.3, -0.25) is 14.2 Å². The van der Waals surface area contributed by atoms with E-state index in [9.17, 15) is 19.2 Å². The number of amides is 4. The molecule has 2 saturated heterocycles. The lowest BCUT2D eigenvalue weighted by atomic mass is 10.0. The van der Waals surface area contributed by atoms with Gasteiger partial charge in [0.2, 0.25) is 18.0 Å². The van der Waals surface area contributed by atoms with E-state index in [2.05, 4.69) is 57.2 Å². The zero-order valence-corrected chi connectivity index (χ0v) is 40.8. The van der Waals surface area contributed by atoms with Crippen molar-refractivity contribution in [2.45, 2.75) is 110 Å². The molecule has 69 heavy (non-hydrogen) atoms. The van der Waals surface area contributed by atoms with Crippen molar-refractivity contribution in [3.63, 3.8) is 0 Å². The van der Waals surface area contributed by atoms with Gasteiger partial charge in [0.25, 0.3) is 0 Å². The molecule has 7 heterocycles. The second kappa shape index (κ2) is 18.0. The first-order valence-electron chi connectivity index (χ1n) is 23.8. The summed E-state index contributed by atoms with van der Waals surface area (Å²) in [5.41, 5.74) is 4.66. The van der Waals surface area contributed by atoms with Gasteiger partial charge in [0.15, 0.2) is 0 Å². The molecule has 362 valence electrons. The summed E-state index contributed by atoms with van der Waals surface area (Å²) in [5, 5.41) is 6.31. The van der Waals surface area contributed by atoms with Crippen LogP contribution >= 0.6 is 11.3 Å². The fourth-order valence-corrected chi connectivity index (χ4v) is 11.5. The van der Waals surface area contributed by atoms with Gasteiger partial charge in [-0.2, -0.15) is 0 Å². The lowest BCUT2D eigenvalue weighted by Crippen LogP contribution is -2.52. The number of halogens is 1. The van der Waals surface area contributed by atoms with Crippen LogP contribution in [0.1, 0.15) is 113 Å². The largest absolute Gasteiger partial charge is 0.464 e. The average Bonchev–Trinajstić information content (AvgIpc) is 4.09. The van der Waals surface area contributed by atoms with E-state index >= 15 is 4.39 Å². The molecule has 1 aliphatic carbocycles. The highest BCUT2D eigenvalue weighted by Gasteiger charge is 2.56. The van der Waals surface area contributed by atoms with Crippen molar-refractivity contribution >= 4 is 46.2 Å². The maximum Gasteiger partial charge on any atom is 0.407 e. The summed E-state index contributed by atoms with van der Waals surface area (Å²) < 4.78 is 35.6. The van der Waals surface area contributed by atoms with Crippen LogP contribution in [0.15, 0.2) is 60.9 Å². The molecule has 1 saturated carbocycles. The molecule has 0 radical (unpaired) electrons. The number of methoxy groups -OCH3 is 2. The molecule has 4 aromatic heterocycles. The lowest BCUT2D eigenvalue weighted by Gasteiger charge is -2.32. The number of rotatable bonds is 12. The molecule has 0 spiro atoms. The summed E-state index contributed by atoms with van der Waals surface area (Å²) in [5.74, 6) is 1.17. The van der Waals surface area contributed by atoms with E-state index in [4.69, 9.17) is 24.2 Å². The van der Waals surface area contributed by atoms with Gasteiger partial charge < -0.3 is 44.6 Å². The van der Waals surface area contributed by atoms with Crippen molar-refractivity contribution < 1.29 is 37.8 Å². The molecular formula is C51H58FN9O7S. The molecule has 16 nitrogen and oxygen atoms in total. The van der Waals surface area contributed by atoms with E-state index in [1.807, 2.05) is 56.9 Å². The summed E-state index contributed by atoms with van der Waals surface area (Å²) in [6.07, 6.45) is 4.71. The van der Waals surface area contributed by atoms with Gasteiger partial charge in [0.05, 0.1) is 71.7 Å². The number of piperidine rings is 1. The number of fused-ring (bicyclic) bond motifs is 6. The molecule has 6 aromatic rings. The third-order valence-corrected chi connectivity index (χ3v) is 15.6. The van der Waals surface area contributed by atoms with Crippen LogP contribution in [0.25, 0.3) is 44.7 Å². The van der Waals surface area contributed by atoms with Gasteiger partial charge in [-0.1, -0.05) is 47.6 Å². The highest BCUT2D eigenvalue weighted by molar-refractivity contribution is 7.12. The summed E-state index contributed by atoms with van der Waals surface area (Å²) in [7, 11) is 2.56. The first-order valence-corrected chi connectivity index (χ1v) is 24.6. The fraction of sp³-hybridized carbons (Fsp3) is 0.451. The molecule has 3 fully saturated rings. The first-order chi connectivity index (χ1) is 33.1. The third-order valence-electron chi connectivity index (χ3n) is 14.2. The Morgan fingerprint density at radius 3 is 2.13 bits per heavy atom. The Bertz CT molecular complexity index is 2970. The third kappa shape index (κ3) is 8.29. The Kier molecular flexibility index (Phi) is 12.0. The zero-order chi connectivity index (χ0) is 48.6. The normalized spacial score (nSPS) is 21.2. The van der Waals surface area contributed by atoms with Crippen molar-refractivity contribution in [3.8, 4) is 39.5 Å². The Morgan fingerprint density at radius 2 is 1.48 bits per heavy atom. The van der Waals surface area contributed by atoms with Crippen molar-refractivity contribution in [2.24, 2.45) is 17.8 Å². The van der Waals surface area contributed by atoms with E-state index in [1.165, 1.54) is 25.2 Å². The van der Waals surface area contributed by atoms with E-state index in [0.717, 1.165) is 52.7 Å². The number of alkyl carbamates (subject to hydrolysis) is 2. The Labute approximate surface area is 403 Å². The predicted molar refractivity (Wildman–Crippen MR) is 258 cm³/mol. The minimum atomic E-state index is -0.761. The van der Waals surface area contributed by atoms with Crippen LogP contribution in [0.2, 0.25) is 0 Å². The predicted octanol–water partition coefficient (Wildman–Crippen LogP) is 9.44. The van der Waals surface area contributed by atoms with Crippen molar-refractivity contribution in [1.29, 1.82) is 0 Å². The number of aromatic amines is 2. The van der Waals surface area contributed by atoms with Gasteiger partial charge in [0.1, 0.15) is 35.3 Å². The number of carbonyl (C=O) groups excluding carboxylic acids is 4. The van der Waals surface area contributed by atoms with E-state index in [0.29, 0.717) is 58.3 Å². The Balaban J connectivity index is 0.968. The molecule has 4 aliphatic rings. The minimum Gasteiger partial charge on any atom is -0.464 e. The number of hydrogen-bond acceptors (Lipinski definition) is 10. The van der Waals surface area contributed by atoms with Crippen LogP contribution in [0.4, 0.5) is 14.0 Å². The lowest BCUT2D eigenvalue weighted by molar-refractivity contribution is -0.137. The topological polar surface area (TPSA) is 189 Å². The zero-order valence-electron chi connectivity index (χ0n) is 40.0. The fourth-order valence-electron chi connectivity index (χ4n) is 10.5. The van der Waals surface area contributed by atoms with Gasteiger partial charge in [-0.25, -0.2) is 23.9 Å². The standard InChI is InChI=1S/C51H58FN9O7S/c1-24(2)40-13-14-41(69-40)49-61-34-12-11-27(32-22-53-45(55-32)35-10-9-15-59(35)47(62)43(25(3)4)57-50(64)66-7)16-29(34)19-37(61)42-31(52)17-28(21-39(42)68-49)33-23-54-46(56-33)38-20-30-18-36(30)60(38)48(63)44(26(5)6)58-51(65)67-8/h11-14,16-17,19,21-26,30,35-36,38,43-44,49H,9-10,15,18,20H2,1-8H3,(H,53,55)(H,54,56)(H,57,64)(H,58,65)/t30-,35+,36-,38+,43+,44+,49?/m1/s1. The number of likely N-dealkylation sites (tertiary alicyclic amines) is 2. The van der Waals surface area contributed by atoms with Crippen LogP contribution in [-0.4, -0.2) is 97.2 Å². The monoisotopic (exact) mass is 959 g/mol. The number of aromatic nitrogens is 5. The number of imidazole rings is 2. The second-order valence-electron chi connectivity index (χ2n) is 19.7. The summed E-state index contributed by atoms with van der Waals surface area (Å²) in [6, 6.07) is 13.6. The van der Waals surface area contributed by atoms with E-state index in [-0.39, 0.29) is 41.8 Å². The number of nitrogens with one attached hydrogen (secondary N) is 4. The smallest absolute Gasteiger partial charge is 0.407 e. The summed E-state index contributed by atoms with van der Waals surface area (Å²) >= 11 is 1.67. The highest BCUT2D eigenvalue weighted by Crippen LogP contribution is 2.54. The van der Waals surface area contributed by atoms with Gasteiger partial charge in [0, 0.05) is 34.0 Å². The van der Waals surface area contributed by atoms with Crippen LogP contribution in [0, 0.1) is 23.6 Å². The summed E-state index contributed by atoms with van der Waals surface area (Å²) in [4.78, 5) is 74.5. The molecule has 2 aromatic carbocycles. The average molecular weight is 960 g/mol. The van der Waals surface area contributed by atoms with Crippen LogP contribution in [-0.2, 0) is 19.1 Å². The molecule has 1 unspecified atom stereocenters. The number of carbonyl (C=O) groups is 4. The van der Waals surface area contributed by atoms with Crippen LogP contribution in [0.5, 0.6) is 5.75 Å². The number of thiophene rings is 1. The van der Waals surface area contributed by atoms with Crippen molar-refractivity contribution in [1.82, 2.24) is 44.9 Å². The molecular weight excluding hydrogens is 902 g/mol. The molecule has 3 aliphatic heterocycles. The molecule has 4 N–H and O–H groups in total. The summed E-state index contributed by atoms with van der Waals surface area (Å²) in [6.45, 7) is 12.4. The van der Waals surface area contributed by atoms with Gasteiger partial charge >= 0.3 is 12.2 Å². The number of nitrogens with zero attached hydrogens (tertiary/aromatic N) is 5. The van der Waals surface area contributed by atoms with Crippen molar-refractivity contribution in [3.05, 3.63) is 88.1 Å². The highest BCUT2D eigenvalue weighted by atomic mass is 32.1. The number of benzene rings is 2. The molecule has 18 heteroatoms. The number of ether oxygens (including phenoxy) is 3. The maximum absolute atomic E-state index is 17.0. The SMILES string of the molecule is COC(=O)N[C@H](C(=O)N1CCC[C@H]1c1ncc(-c2ccc3c(c2)cc2n3C(c3ccc(C(C)C)s3)Oc3cc(-c4cnc([C@@H]5C[C@H]6C[C@H]6N5C(=O)[C@@H](NC(=O)OC)C(C)C)[nH]4)cc(F)c3-2)[nH]1)C(C)C. The van der Waals surface area contributed by atoms with E-state index in [1.54, 1.807) is 28.6 Å². The molecule has 0 bridgehead atoms. The number of H-pyrrole nitrogens is 2. The van der Waals surface area contributed by atoms with E-state index < -0.39 is 36.3 Å². The maximum atomic E-state index is 17.0. The minimum absolute atomic E-state index is 0.0681. The molecule has 7 atom stereocenters. The van der Waals surface area contributed by atoms with Crippen LogP contribution < -0.4 is 15.4 Å². The molecule has 4 amide bonds. The first kappa shape index (κ1) is 46.1.